The topological polar surface area (TPSA) is 158 Å². The van der Waals surface area contributed by atoms with Gasteiger partial charge in [-0.05, 0) is 0 Å². The molecule has 0 aromatic heterocycles. The molecule has 0 aromatic carbocycles. The molecule has 136 valence electrons. The SMILES string of the molecule is CO[C@H]1O[C@H](CO)[C@@H](O)[C@H](O)[C@@H]1O[C@@H]1C[C@@H](O)[C@H](O)[C@@H](CO)O1. The minimum atomic E-state index is -1.42. The van der Waals surface area contributed by atoms with Crippen molar-refractivity contribution in [1.29, 1.82) is 0 Å². The summed E-state index contributed by atoms with van der Waals surface area (Å²) in [6.07, 6.45) is -10.7. The first-order valence-corrected chi connectivity index (χ1v) is 7.36. The summed E-state index contributed by atoms with van der Waals surface area (Å²) in [5.41, 5.74) is 0. The van der Waals surface area contributed by atoms with Crippen molar-refractivity contribution in [2.75, 3.05) is 20.3 Å². The van der Waals surface area contributed by atoms with E-state index in [-0.39, 0.29) is 6.42 Å². The van der Waals surface area contributed by atoms with Gasteiger partial charge in [0.05, 0.1) is 19.3 Å². The Morgan fingerprint density at radius 2 is 1.52 bits per heavy atom. The van der Waals surface area contributed by atoms with E-state index >= 15 is 0 Å². The van der Waals surface area contributed by atoms with E-state index in [1.165, 1.54) is 7.11 Å². The molecule has 2 aliphatic rings. The van der Waals surface area contributed by atoms with Gasteiger partial charge in [0.1, 0.15) is 36.6 Å². The number of hydrogen-bond donors (Lipinski definition) is 6. The first kappa shape index (κ1) is 18.9. The van der Waals surface area contributed by atoms with Crippen molar-refractivity contribution in [2.45, 2.75) is 61.7 Å². The third-order valence-corrected chi connectivity index (χ3v) is 4.08. The molecule has 2 rings (SSSR count). The lowest BCUT2D eigenvalue weighted by Crippen LogP contribution is -2.61. The second-order valence-electron chi connectivity index (χ2n) is 5.62. The van der Waals surface area contributed by atoms with Crippen LogP contribution in [0.4, 0.5) is 0 Å². The minimum Gasteiger partial charge on any atom is -0.394 e. The molecular weight excluding hydrogens is 316 g/mol. The molecule has 2 saturated heterocycles. The third kappa shape index (κ3) is 3.99. The predicted molar refractivity (Wildman–Crippen MR) is 72.0 cm³/mol. The molecular formula is C13H24O10. The molecule has 0 unspecified atom stereocenters. The van der Waals surface area contributed by atoms with Crippen LogP contribution in [0.15, 0.2) is 0 Å². The monoisotopic (exact) mass is 340 g/mol. The Labute approximate surface area is 132 Å². The van der Waals surface area contributed by atoms with E-state index in [1.54, 1.807) is 0 Å². The van der Waals surface area contributed by atoms with Crippen molar-refractivity contribution in [2.24, 2.45) is 0 Å². The Balaban J connectivity index is 2.05. The third-order valence-electron chi connectivity index (χ3n) is 4.08. The van der Waals surface area contributed by atoms with E-state index in [1.807, 2.05) is 0 Å². The van der Waals surface area contributed by atoms with E-state index in [4.69, 9.17) is 29.2 Å². The Bertz CT molecular complexity index is 367. The first-order valence-electron chi connectivity index (χ1n) is 7.36. The molecule has 23 heavy (non-hydrogen) atoms. The molecule has 9 atom stereocenters. The molecule has 10 nitrogen and oxygen atoms in total. The van der Waals surface area contributed by atoms with Gasteiger partial charge in [-0.2, -0.15) is 0 Å². The maximum absolute atomic E-state index is 10.1. The molecule has 0 radical (unpaired) electrons. The zero-order valence-corrected chi connectivity index (χ0v) is 12.6. The highest BCUT2D eigenvalue weighted by Gasteiger charge is 2.48. The number of rotatable bonds is 5. The summed E-state index contributed by atoms with van der Waals surface area (Å²) in [5.74, 6) is 0. The van der Waals surface area contributed by atoms with Crippen molar-refractivity contribution in [3.8, 4) is 0 Å². The first-order chi connectivity index (χ1) is 10.9. The van der Waals surface area contributed by atoms with Crippen molar-refractivity contribution in [3.05, 3.63) is 0 Å². The Kier molecular flexibility index (Phi) is 6.68. The van der Waals surface area contributed by atoms with E-state index < -0.39 is 68.5 Å². The van der Waals surface area contributed by atoms with Crippen LogP contribution in [0, 0.1) is 0 Å². The highest BCUT2D eigenvalue weighted by Crippen LogP contribution is 2.28. The lowest BCUT2D eigenvalue weighted by atomic mass is 9.98. The summed E-state index contributed by atoms with van der Waals surface area (Å²) >= 11 is 0. The number of aliphatic hydroxyl groups is 6. The van der Waals surface area contributed by atoms with Crippen LogP contribution in [-0.4, -0.2) is 106 Å². The average molecular weight is 340 g/mol. The summed E-state index contributed by atoms with van der Waals surface area (Å²) in [7, 11) is 1.30. The molecule has 2 heterocycles. The predicted octanol–water partition coefficient (Wildman–Crippen LogP) is -3.71. The fourth-order valence-corrected chi connectivity index (χ4v) is 2.72. The molecule has 6 N–H and O–H groups in total. The van der Waals surface area contributed by atoms with Crippen LogP contribution in [0.1, 0.15) is 6.42 Å². The van der Waals surface area contributed by atoms with Crippen LogP contribution in [-0.2, 0) is 18.9 Å². The van der Waals surface area contributed by atoms with Gasteiger partial charge in [-0.25, -0.2) is 0 Å². The fraction of sp³-hybridized carbons (Fsp3) is 1.00. The molecule has 0 amide bonds. The minimum absolute atomic E-state index is 0.100. The summed E-state index contributed by atoms with van der Waals surface area (Å²) in [6.45, 7) is -1.03. The standard InChI is InChI=1S/C13H24O10/c1-20-13-12(11(19)10(18)7(4-15)22-13)23-8-2-5(16)9(17)6(3-14)21-8/h5-19H,2-4H2,1H3/t5-,6-,7-,8-,9+,10-,11+,12+,13+/m1/s1. The van der Waals surface area contributed by atoms with E-state index in [0.717, 1.165) is 0 Å². The molecule has 0 bridgehead atoms. The van der Waals surface area contributed by atoms with E-state index in [9.17, 15) is 20.4 Å². The van der Waals surface area contributed by atoms with Gasteiger partial charge in [-0.1, -0.05) is 0 Å². The van der Waals surface area contributed by atoms with Crippen LogP contribution in [0.2, 0.25) is 0 Å². The van der Waals surface area contributed by atoms with Gasteiger partial charge in [0.15, 0.2) is 12.6 Å². The molecule has 0 saturated carbocycles. The molecule has 10 heteroatoms. The highest BCUT2D eigenvalue weighted by molar-refractivity contribution is 4.91. The summed E-state index contributed by atoms with van der Waals surface area (Å²) in [5, 5.41) is 57.8. The van der Waals surface area contributed by atoms with E-state index in [0.29, 0.717) is 0 Å². The lowest BCUT2D eigenvalue weighted by molar-refractivity contribution is -0.347. The van der Waals surface area contributed by atoms with Gasteiger partial charge in [-0.3, -0.25) is 0 Å². The summed E-state index contributed by atoms with van der Waals surface area (Å²) in [6, 6.07) is 0. The van der Waals surface area contributed by atoms with Gasteiger partial charge >= 0.3 is 0 Å². The number of aliphatic hydroxyl groups excluding tert-OH is 6. The largest absolute Gasteiger partial charge is 0.394 e. The van der Waals surface area contributed by atoms with Crippen molar-refractivity contribution < 1.29 is 49.6 Å². The van der Waals surface area contributed by atoms with E-state index in [2.05, 4.69) is 0 Å². The van der Waals surface area contributed by atoms with Crippen molar-refractivity contribution in [1.82, 2.24) is 0 Å². The molecule has 0 aromatic rings. The fourth-order valence-electron chi connectivity index (χ4n) is 2.72. The Hall–Kier alpha value is -0.400. The van der Waals surface area contributed by atoms with Crippen molar-refractivity contribution in [3.63, 3.8) is 0 Å². The van der Waals surface area contributed by atoms with Gasteiger partial charge in [-0.15, -0.1) is 0 Å². The lowest BCUT2D eigenvalue weighted by Gasteiger charge is -2.44. The molecule has 0 aliphatic carbocycles. The zero-order valence-electron chi connectivity index (χ0n) is 12.6. The van der Waals surface area contributed by atoms with Gasteiger partial charge in [0.2, 0.25) is 0 Å². The highest BCUT2D eigenvalue weighted by atomic mass is 16.7. The number of methoxy groups -OCH3 is 1. The Morgan fingerprint density at radius 3 is 2.09 bits per heavy atom. The van der Waals surface area contributed by atoms with Gasteiger partial charge < -0.3 is 49.6 Å². The molecule has 0 spiro atoms. The van der Waals surface area contributed by atoms with Crippen LogP contribution in [0.3, 0.4) is 0 Å². The normalized spacial score (nSPS) is 48.4. The second-order valence-corrected chi connectivity index (χ2v) is 5.62. The zero-order chi connectivity index (χ0) is 17.1. The van der Waals surface area contributed by atoms with Crippen molar-refractivity contribution >= 4 is 0 Å². The Morgan fingerprint density at radius 1 is 0.913 bits per heavy atom. The summed E-state index contributed by atoms with van der Waals surface area (Å²) in [4.78, 5) is 0. The number of ether oxygens (including phenoxy) is 4. The number of hydrogen-bond acceptors (Lipinski definition) is 10. The molecule has 2 fully saturated rings. The quantitative estimate of drug-likeness (QED) is 0.294. The maximum atomic E-state index is 10.1. The van der Waals surface area contributed by atoms with Crippen LogP contribution >= 0.6 is 0 Å². The van der Waals surface area contributed by atoms with Gasteiger partial charge in [0.25, 0.3) is 0 Å². The van der Waals surface area contributed by atoms with Gasteiger partial charge in [0, 0.05) is 13.5 Å². The van der Waals surface area contributed by atoms with Crippen LogP contribution in [0.25, 0.3) is 0 Å². The van der Waals surface area contributed by atoms with Crippen LogP contribution in [0.5, 0.6) is 0 Å². The smallest absolute Gasteiger partial charge is 0.186 e. The average Bonchev–Trinajstić information content (AvgIpc) is 2.55. The van der Waals surface area contributed by atoms with Crippen LogP contribution < -0.4 is 0 Å². The maximum Gasteiger partial charge on any atom is 0.186 e. The molecule has 2 aliphatic heterocycles. The second kappa shape index (κ2) is 8.12. The summed E-state index contributed by atoms with van der Waals surface area (Å²) < 4.78 is 21.2.